The van der Waals surface area contributed by atoms with Crippen LogP contribution in [0.5, 0.6) is 0 Å². The van der Waals surface area contributed by atoms with Gasteiger partial charge in [0.1, 0.15) is 25.4 Å². The Morgan fingerprint density at radius 3 is 1.63 bits per heavy atom. The number of hydrogen-bond acceptors (Lipinski definition) is 8. The summed E-state index contributed by atoms with van der Waals surface area (Å²) in [5.74, 6) is -1.24. The second kappa shape index (κ2) is 11.5. The number of carbonyl (C=O) groups excluding carboxylic acids is 2. The van der Waals surface area contributed by atoms with E-state index in [1.54, 1.807) is 13.8 Å². The smallest absolute Gasteiger partial charge is 0.246 e. The Morgan fingerprint density at radius 1 is 0.741 bits per heavy atom. The molecule has 0 aromatic rings. The molecular weight excluding hydrogens is 360 g/mol. The molecule has 2 atom stereocenters. The van der Waals surface area contributed by atoms with Gasteiger partial charge in [0, 0.05) is 13.1 Å². The third kappa shape index (κ3) is 8.96. The summed E-state index contributed by atoms with van der Waals surface area (Å²) in [7, 11) is 0. The van der Waals surface area contributed by atoms with Gasteiger partial charge < -0.3 is 39.1 Å². The zero-order chi connectivity index (χ0) is 19.5. The number of fused-ring (bicyclic) bond motifs is 1. The van der Waals surface area contributed by atoms with E-state index in [0.29, 0.717) is 39.5 Å². The minimum absolute atomic E-state index is 0.0839. The first-order valence-electron chi connectivity index (χ1n) is 9.16. The topological polar surface area (TPSA) is 114 Å². The average molecular weight is 390 g/mol. The minimum Gasteiger partial charge on any atom is -0.377 e. The third-order valence-corrected chi connectivity index (χ3v) is 3.82. The van der Waals surface area contributed by atoms with Crippen LogP contribution in [0, 0.1) is 0 Å². The molecule has 2 amide bonds. The summed E-state index contributed by atoms with van der Waals surface area (Å²) in [5, 5.41) is 5.42. The standard InChI is InChI=1S/C17H30N2O8/c1-17(2)26-13-9-24-11-15(20)18-3-5-22-7-8-23-6-4-19-16(21)12-25-10-14(13)27-17/h13-14H,3-12H2,1-2H3,(H,18,20)(H,19,21)/t13-,14-/m0/s1. The highest BCUT2D eigenvalue weighted by molar-refractivity contribution is 5.77. The highest BCUT2D eigenvalue weighted by atomic mass is 16.8. The Kier molecular flexibility index (Phi) is 9.39. The first kappa shape index (κ1) is 22.0. The molecule has 2 heterocycles. The Morgan fingerprint density at radius 2 is 1.19 bits per heavy atom. The summed E-state index contributed by atoms with van der Waals surface area (Å²) in [6, 6.07) is 0. The maximum atomic E-state index is 11.8. The Hall–Kier alpha value is -1.30. The van der Waals surface area contributed by atoms with E-state index in [-0.39, 0.29) is 38.2 Å². The summed E-state index contributed by atoms with van der Waals surface area (Å²) >= 11 is 0. The molecule has 0 aromatic carbocycles. The van der Waals surface area contributed by atoms with Crippen LogP contribution >= 0.6 is 0 Å². The lowest BCUT2D eigenvalue weighted by Crippen LogP contribution is -2.37. The van der Waals surface area contributed by atoms with Crippen LogP contribution in [0.2, 0.25) is 0 Å². The fourth-order valence-electron chi connectivity index (χ4n) is 2.68. The second-order valence-electron chi connectivity index (χ2n) is 6.67. The van der Waals surface area contributed by atoms with Crippen molar-refractivity contribution in [2.75, 3.05) is 65.9 Å². The molecule has 2 fully saturated rings. The Balaban J connectivity index is 1.83. The first-order chi connectivity index (χ1) is 13.0. The fraction of sp³-hybridized carbons (Fsp3) is 0.882. The van der Waals surface area contributed by atoms with Gasteiger partial charge in [0.15, 0.2) is 5.79 Å². The molecule has 27 heavy (non-hydrogen) atoms. The number of nitrogens with one attached hydrogen (secondary N) is 2. The van der Waals surface area contributed by atoms with Crippen LogP contribution in [0.25, 0.3) is 0 Å². The zero-order valence-electron chi connectivity index (χ0n) is 16.0. The van der Waals surface area contributed by atoms with E-state index in [1.807, 2.05) is 0 Å². The van der Waals surface area contributed by atoms with E-state index in [0.717, 1.165) is 0 Å². The van der Waals surface area contributed by atoms with Gasteiger partial charge in [-0.25, -0.2) is 0 Å². The number of rotatable bonds is 0. The molecule has 156 valence electrons. The number of hydrogen-bond donors (Lipinski definition) is 2. The van der Waals surface area contributed by atoms with Crippen LogP contribution in [-0.2, 0) is 38.0 Å². The molecule has 0 radical (unpaired) electrons. The molecule has 2 rings (SSSR count). The third-order valence-electron chi connectivity index (χ3n) is 3.82. The summed E-state index contributed by atoms with van der Waals surface area (Å²) < 4.78 is 33.1. The Labute approximate surface area is 159 Å². The van der Waals surface area contributed by atoms with E-state index < -0.39 is 18.0 Å². The van der Waals surface area contributed by atoms with Crippen molar-refractivity contribution in [2.24, 2.45) is 0 Å². The van der Waals surface area contributed by atoms with Crippen LogP contribution in [0.4, 0.5) is 0 Å². The maximum Gasteiger partial charge on any atom is 0.246 e. The van der Waals surface area contributed by atoms with Crippen molar-refractivity contribution in [1.29, 1.82) is 0 Å². The molecule has 0 bridgehead atoms. The molecule has 2 aliphatic rings. The van der Waals surface area contributed by atoms with Gasteiger partial charge in [0.2, 0.25) is 11.8 Å². The highest BCUT2D eigenvalue weighted by Gasteiger charge is 2.41. The Bertz CT molecular complexity index is 434. The van der Waals surface area contributed by atoms with Crippen molar-refractivity contribution in [3.8, 4) is 0 Å². The minimum atomic E-state index is -0.781. The van der Waals surface area contributed by atoms with Crippen LogP contribution in [-0.4, -0.2) is 95.8 Å². The summed E-state index contributed by atoms with van der Waals surface area (Å²) in [6.45, 7) is 6.18. The van der Waals surface area contributed by atoms with E-state index in [9.17, 15) is 9.59 Å². The van der Waals surface area contributed by atoms with Crippen molar-refractivity contribution in [3.05, 3.63) is 0 Å². The van der Waals surface area contributed by atoms with E-state index in [1.165, 1.54) is 0 Å². The van der Waals surface area contributed by atoms with Crippen molar-refractivity contribution in [3.63, 3.8) is 0 Å². The highest BCUT2D eigenvalue weighted by Crippen LogP contribution is 2.28. The largest absolute Gasteiger partial charge is 0.377 e. The van der Waals surface area contributed by atoms with E-state index in [2.05, 4.69) is 10.6 Å². The summed E-state index contributed by atoms with van der Waals surface area (Å²) in [5.41, 5.74) is 0. The predicted octanol–water partition coefficient (Wildman–Crippen LogP) is -1.18. The van der Waals surface area contributed by atoms with Crippen LogP contribution in [0.3, 0.4) is 0 Å². The number of amides is 2. The molecule has 10 nitrogen and oxygen atoms in total. The predicted molar refractivity (Wildman–Crippen MR) is 93.1 cm³/mol. The number of carbonyl (C=O) groups is 2. The number of ether oxygens (including phenoxy) is 6. The monoisotopic (exact) mass is 390 g/mol. The zero-order valence-corrected chi connectivity index (χ0v) is 16.0. The lowest BCUT2D eigenvalue weighted by Gasteiger charge is -2.17. The van der Waals surface area contributed by atoms with Gasteiger partial charge in [-0.2, -0.15) is 0 Å². The molecule has 2 saturated heterocycles. The molecule has 0 aromatic heterocycles. The van der Waals surface area contributed by atoms with Gasteiger partial charge in [-0.1, -0.05) is 0 Å². The van der Waals surface area contributed by atoms with Gasteiger partial charge in [0.25, 0.3) is 0 Å². The van der Waals surface area contributed by atoms with Gasteiger partial charge >= 0.3 is 0 Å². The van der Waals surface area contributed by atoms with Crippen LogP contribution < -0.4 is 10.6 Å². The van der Waals surface area contributed by atoms with Gasteiger partial charge in [0.05, 0.1) is 39.6 Å². The summed E-state index contributed by atoms with van der Waals surface area (Å²) in [6.07, 6.45) is -0.781. The van der Waals surface area contributed by atoms with Gasteiger partial charge in [-0.3, -0.25) is 9.59 Å². The summed E-state index contributed by atoms with van der Waals surface area (Å²) in [4.78, 5) is 23.5. The van der Waals surface area contributed by atoms with E-state index in [4.69, 9.17) is 28.4 Å². The van der Waals surface area contributed by atoms with Gasteiger partial charge in [-0.05, 0) is 13.8 Å². The molecular formula is C17H30N2O8. The lowest BCUT2D eigenvalue weighted by atomic mass is 10.2. The molecule has 2 aliphatic heterocycles. The van der Waals surface area contributed by atoms with Crippen molar-refractivity contribution >= 4 is 11.8 Å². The molecule has 0 unspecified atom stereocenters. The van der Waals surface area contributed by atoms with Crippen LogP contribution in [0.1, 0.15) is 13.8 Å². The average Bonchev–Trinajstić information content (AvgIpc) is 2.89. The lowest BCUT2D eigenvalue weighted by molar-refractivity contribution is -0.155. The molecule has 0 spiro atoms. The molecule has 0 aliphatic carbocycles. The van der Waals surface area contributed by atoms with Crippen molar-refractivity contribution in [1.82, 2.24) is 10.6 Å². The van der Waals surface area contributed by atoms with Crippen LogP contribution in [0.15, 0.2) is 0 Å². The quantitative estimate of drug-likeness (QED) is 0.531. The molecule has 2 N–H and O–H groups in total. The fourth-order valence-corrected chi connectivity index (χ4v) is 2.68. The second-order valence-corrected chi connectivity index (χ2v) is 6.67. The maximum absolute atomic E-state index is 11.8. The van der Waals surface area contributed by atoms with Gasteiger partial charge in [-0.15, -0.1) is 0 Å². The SMILES string of the molecule is CC1(C)O[C@H]2COCC(=O)NCCOCCOCCNC(=O)COC[C@@H]2O1. The van der Waals surface area contributed by atoms with E-state index >= 15 is 0 Å². The van der Waals surface area contributed by atoms with Crippen molar-refractivity contribution in [2.45, 2.75) is 31.8 Å². The molecule has 0 saturated carbocycles. The molecule has 10 heteroatoms. The normalized spacial score (nSPS) is 30.0. The van der Waals surface area contributed by atoms with Crippen molar-refractivity contribution < 1.29 is 38.0 Å². The first-order valence-corrected chi connectivity index (χ1v) is 9.16.